The van der Waals surface area contributed by atoms with Crippen LogP contribution in [-0.2, 0) is 9.53 Å². The fourth-order valence-corrected chi connectivity index (χ4v) is 1.74. The van der Waals surface area contributed by atoms with Crippen LogP contribution in [0.25, 0.3) is 0 Å². The number of carbonyl (C=O) groups excluding carboxylic acids is 1. The van der Waals surface area contributed by atoms with E-state index in [0.717, 1.165) is 57.8 Å². The van der Waals surface area contributed by atoms with Crippen molar-refractivity contribution in [3.05, 3.63) is 12.7 Å². The second-order valence-electron chi connectivity index (χ2n) is 4.60. The Kier molecular flexibility index (Phi) is 13.6. The van der Waals surface area contributed by atoms with Crippen molar-refractivity contribution in [2.75, 3.05) is 13.2 Å². The van der Waals surface area contributed by atoms with E-state index in [2.05, 4.69) is 6.58 Å². The van der Waals surface area contributed by atoms with Gasteiger partial charge in [-0.2, -0.15) is 0 Å². The van der Waals surface area contributed by atoms with Crippen molar-refractivity contribution in [1.82, 2.24) is 0 Å². The molecule has 0 aliphatic rings. The molecule has 3 nitrogen and oxygen atoms in total. The van der Waals surface area contributed by atoms with E-state index in [9.17, 15) is 4.79 Å². The number of allylic oxidation sites excluding steroid dienone is 1. The summed E-state index contributed by atoms with van der Waals surface area (Å²) in [5.41, 5.74) is 0. The number of hydrogen-bond acceptors (Lipinski definition) is 3. The molecule has 0 atom stereocenters. The molecule has 0 aliphatic heterocycles. The van der Waals surface area contributed by atoms with Crippen LogP contribution >= 0.6 is 0 Å². The van der Waals surface area contributed by atoms with Gasteiger partial charge in [-0.05, 0) is 32.1 Å². The molecule has 18 heavy (non-hydrogen) atoms. The molecule has 0 aromatic carbocycles. The second-order valence-corrected chi connectivity index (χ2v) is 4.60. The van der Waals surface area contributed by atoms with Crippen molar-refractivity contribution in [3.63, 3.8) is 0 Å². The predicted octanol–water partition coefficient (Wildman–Crippen LogP) is 3.61. The number of esters is 1. The van der Waals surface area contributed by atoms with E-state index in [-0.39, 0.29) is 12.6 Å². The molecule has 1 N–H and O–H groups in total. The third-order valence-electron chi connectivity index (χ3n) is 2.85. The molecular weight excluding hydrogens is 228 g/mol. The van der Waals surface area contributed by atoms with Gasteiger partial charge in [0.15, 0.2) is 0 Å². The quantitative estimate of drug-likeness (QED) is 0.311. The van der Waals surface area contributed by atoms with Gasteiger partial charge in [-0.3, -0.25) is 4.79 Å². The van der Waals surface area contributed by atoms with Crippen molar-refractivity contribution in [1.29, 1.82) is 0 Å². The van der Waals surface area contributed by atoms with Crippen LogP contribution in [0.4, 0.5) is 0 Å². The van der Waals surface area contributed by atoms with E-state index < -0.39 is 0 Å². The van der Waals surface area contributed by atoms with Gasteiger partial charge in [0.05, 0.1) is 6.61 Å². The minimum Gasteiger partial charge on any atom is -0.466 e. The third-order valence-corrected chi connectivity index (χ3v) is 2.85. The SMILES string of the molecule is C=CCCCCOC(=O)CCCCCCCCO. The highest BCUT2D eigenvalue weighted by Crippen LogP contribution is 2.07. The van der Waals surface area contributed by atoms with Gasteiger partial charge in [0.25, 0.3) is 0 Å². The van der Waals surface area contributed by atoms with E-state index in [0.29, 0.717) is 13.0 Å². The molecule has 0 bridgehead atoms. The number of aliphatic hydroxyl groups excluding tert-OH is 1. The molecule has 0 rings (SSSR count). The van der Waals surface area contributed by atoms with Gasteiger partial charge in [0.2, 0.25) is 0 Å². The monoisotopic (exact) mass is 256 g/mol. The van der Waals surface area contributed by atoms with E-state index in [1.807, 2.05) is 6.08 Å². The summed E-state index contributed by atoms with van der Waals surface area (Å²) in [6.07, 6.45) is 11.7. The Hall–Kier alpha value is -0.830. The fourth-order valence-electron chi connectivity index (χ4n) is 1.74. The van der Waals surface area contributed by atoms with Gasteiger partial charge in [-0.25, -0.2) is 0 Å². The van der Waals surface area contributed by atoms with E-state index >= 15 is 0 Å². The number of ether oxygens (including phenoxy) is 1. The Bertz CT molecular complexity index is 202. The molecule has 0 saturated heterocycles. The van der Waals surface area contributed by atoms with Crippen LogP contribution < -0.4 is 0 Å². The summed E-state index contributed by atoms with van der Waals surface area (Å²) in [6, 6.07) is 0. The van der Waals surface area contributed by atoms with Crippen LogP contribution in [0.1, 0.15) is 64.2 Å². The summed E-state index contributed by atoms with van der Waals surface area (Å²) in [7, 11) is 0. The lowest BCUT2D eigenvalue weighted by atomic mass is 10.1. The first-order chi connectivity index (χ1) is 8.81. The molecule has 106 valence electrons. The Balaban J connectivity index is 3.14. The molecule has 0 radical (unpaired) electrons. The minimum atomic E-state index is -0.0658. The molecule has 0 spiro atoms. The second kappa shape index (κ2) is 14.2. The first kappa shape index (κ1) is 17.2. The molecule has 3 heteroatoms. The normalized spacial score (nSPS) is 10.3. The molecule has 0 saturated carbocycles. The highest BCUT2D eigenvalue weighted by atomic mass is 16.5. The highest BCUT2D eigenvalue weighted by Gasteiger charge is 2.01. The zero-order valence-corrected chi connectivity index (χ0v) is 11.5. The Morgan fingerprint density at radius 2 is 1.67 bits per heavy atom. The molecule has 0 aromatic heterocycles. The smallest absolute Gasteiger partial charge is 0.305 e. The summed E-state index contributed by atoms with van der Waals surface area (Å²) in [5.74, 6) is -0.0658. The van der Waals surface area contributed by atoms with Crippen molar-refractivity contribution in [3.8, 4) is 0 Å². The first-order valence-corrected chi connectivity index (χ1v) is 7.18. The lowest BCUT2D eigenvalue weighted by Gasteiger charge is -2.04. The topological polar surface area (TPSA) is 46.5 Å². The van der Waals surface area contributed by atoms with Crippen LogP contribution in [0, 0.1) is 0 Å². The maximum Gasteiger partial charge on any atom is 0.305 e. The molecule has 0 amide bonds. The molecular formula is C15H28O3. The van der Waals surface area contributed by atoms with Crippen LogP contribution in [0.15, 0.2) is 12.7 Å². The summed E-state index contributed by atoms with van der Waals surface area (Å²) in [6.45, 7) is 4.48. The van der Waals surface area contributed by atoms with Crippen LogP contribution in [-0.4, -0.2) is 24.3 Å². The molecule has 0 unspecified atom stereocenters. The summed E-state index contributed by atoms with van der Waals surface area (Å²) >= 11 is 0. The van der Waals surface area contributed by atoms with E-state index in [1.165, 1.54) is 0 Å². The van der Waals surface area contributed by atoms with Crippen molar-refractivity contribution in [2.45, 2.75) is 64.2 Å². The van der Waals surface area contributed by atoms with E-state index in [1.54, 1.807) is 0 Å². The van der Waals surface area contributed by atoms with Gasteiger partial charge in [-0.1, -0.05) is 31.8 Å². The van der Waals surface area contributed by atoms with Gasteiger partial charge >= 0.3 is 5.97 Å². The predicted molar refractivity (Wildman–Crippen MR) is 74.4 cm³/mol. The lowest BCUT2D eigenvalue weighted by Crippen LogP contribution is -2.05. The number of unbranched alkanes of at least 4 members (excludes halogenated alkanes) is 7. The van der Waals surface area contributed by atoms with Gasteiger partial charge in [-0.15, -0.1) is 6.58 Å². The zero-order chi connectivity index (χ0) is 13.5. The third kappa shape index (κ3) is 13.2. The van der Waals surface area contributed by atoms with E-state index in [4.69, 9.17) is 9.84 Å². The van der Waals surface area contributed by atoms with Crippen molar-refractivity contribution < 1.29 is 14.6 Å². The molecule has 0 heterocycles. The standard InChI is InChI=1S/C15H28O3/c1-2-3-4-11-14-18-15(17)12-9-7-5-6-8-10-13-16/h2,16H,1,3-14H2. The summed E-state index contributed by atoms with van der Waals surface area (Å²) in [4.78, 5) is 11.3. The maximum atomic E-state index is 11.3. The number of rotatable bonds is 13. The van der Waals surface area contributed by atoms with Gasteiger partial charge in [0, 0.05) is 13.0 Å². The number of carbonyl (C=O) groups is 1. The van der Waals surface area contributed by atoms with Crippen LogP contribution in [0.2, 0.25) is 0 Å². The van der Waals surface area contributed by atoms with Crippen LogP contribution in [0.5, 0.6) is 0 Å². The van der Waals surface area contributed by atoms with Crippen LogP contribution in [0.3, 0.4) is 0 Å². The maximum absolute atomic E-state index is 11.3. The Morgan fingerprint density at radius 1 is 1.00 bits per heavy atom. The minimum absolute atomic E-state index is 0.0658. The molecule has 0 fully saturated rings. The highest BCUT2D eigenvalue weighted by molar-refractivity contribution is 5.69. The number of hydrogen-bond donors (Lipinski definition) is 1. The average Bonchev–Trinajstić information content (AvgIpc) is 2.37. The van der Waals surface area contributed by atoms with Crippen molar-refractivity contribution >= 4 is 5.97 Å². The number of aliphatic hydroxyl groups is 1. The summed E-state index contributed by atoms with van der Waals surface area (Å²) in [5, 5.41) is 8.61. The molecule has 0 aliphatic carbocycles. The Labute approximate surface area is 111 Å². The van der Waals surface area contributed by atoms with Crippen molar-refractivity contribution in [2.24, 2.45) is 0 Å². The average molecular weight is 256 g/mol. The zero-order valence-electron chi connectivity index (χ0n) is 11.5. The first-order valence-electron chi connectivity index (χ1n) is 7.18. The largest absolute Gasteiger partial charge is 0.466 e. The summed E-state index contributed by atoms with van der Waals surface area (Å²) < 4.78 is 5.13. The Morgan fingerprint density at radius 3 is 2.33 bits per heavy atom. The molecule has 0 aromatic rings. The van der Waals surface area contributed by atoms with Gasteiger partial charge in [0.1, 0.15) is 0 Å². The fraction of sp³-hybridized carbons (Fsp3) is 0.800. The lowest BCUT2D eigenvalue weighted by molar-refractivity contribution is -0.143. The van der Waals surface area contributed by atoms with Gasteiger partial charge < -0.3 is 9.84 Å².